The first-order valence-electron chi connectivity index (χ1n) is 6.12. The topological polar surface area (TPSA) is 66.5 Å². The van der Waals surface area contributed by atoms with Gasteiger partial charge in [-0.3, -0.25) is 4.79 Å². The zero-order chi connectivity index (χ0) is 12.9. The minimum Gasteiger partial charge on any atom is -0.340 e. The molecule has 0 bridgehead atoms. The summed E-state index contributed by atoms with van der Waals surface area (Å²) in [5.74, 6) is -0.0855. The Morgan fingerprint density at radius 2 is 1.94 bits per heavy atom. The number of amides is 1. The number of carbonyl (C=O) groups is 1. The molecule has 0 aromatic rings. The summed E-state index contributed by atoms with van der Waals surface area (Å²) in [6.07, 6.45) is 3.19. The van der Waals surface area contributed by atoms with Gasteiger partial charge in [0.2, 0.25) is 5.91 Å². The average molecular weight is 262 g/mol. The van der Waals surface area contributed by atoms with Gasteiger partial charge in [-0.1, -0.05) is 0 Å². The van der Waals surface area contributed by atoms with Gasteiger partial charge in [0, 0.05) is 25.3 Å². The van der Waals surface area contributed by atoms with Crippen LogP contribution in [0.15, 0.2) is 0 Å². The van der Waals surface area contributed by atoms with Crippen LogP contribution in [-0.4, -0.2) is 56.9 Å². The van der Waals surface area contributed by atoms with Crippen molar-refractivity contribution in [1.82, 2.24) is 10.2 Å². The maximum Gasteiger partial charge on any atom is 0.223 e. The summed E-state index contributed by atoms with van der Waals surface area (Å²) in [6, 6.07) is 0.272. The van der Waals surface area contributed by atoms with Gasteiger partial charge in [0.25, 0.3) is 0 Å². The molecule has 0 aliphatic carbocycles. The molecular formula is C11H22N2O3S. The summed E-state index contributed by atoms with van der Waals surface area (Å²) in [5.41, 5.74) is 0. The number of hydrogen-bond donors (Lipinski definition) is 1. The molecule has 0 unspecified atom stereocenters. The molecule has 1 heterocycles. The van der Waals surface area contributed by atoms with Crippen molar-refractivity contribution in [2.45, 2.75) is 32.2 Å². The van der Waals surface area contributed by atoms with Gasteiger partial charge in [-0.25, -0.2) is 8.42 Å². The van der Waals surface area contributed by atoms with Crippen LogP contribution in [-0.2, 0) is 14.6 Å². The standard InChI is InChI=1S/C11H22N2O3S/c1-3-13(10-4-7-12-8-5-10)11(14)6-9-17(2,15)16/h10,12H,3-9H2,1-2H3. The average Bonchev–Trinajstić information content (AvgIpc) is 2.28. The number of rotatable bonds is 5. The summed E-state index contributed by atoms with van der Waals surface area (Å²) in [4.78, 5) is 13.8. The third-order valence-corrected chi connectivity index (χ3v) is 4.04. The summed E-state index contributed by atoms with van der Waals surface area (Å²) in [5, 5.41) is 3.26. The second-order valence-electron chi connectivity index (χ2n) is 4.54. The van der Waals surface area contributed by atoms with Crippen molar-refractivity contribution in [1.29, 1.82) is 0 Å². The quantitative estimate of drug-likeness (QED) is 0.758. The van der Waals surface area contributed by atoms with E-state index in [0.717, 1.165) is 25.9 Å². The van der Waals surface area contributed by atoms with Crippen molar-refractivity contribution in [3.63, 3.8) is 0 Å². The predicted molar refractivity (Wildman–Crippen MR) is 67.6 cm³/mol. The Kier molecular flexibility index (Phi) is 5.39. The molecule has 0 saturated carbocycles. The maximum absolute atomic E-state index is 12.0. The van der Waals surface area contributed by atoms with E-state index in [0.29, 0.717) is 6.54 Å². The number of piperidine rings is 1. The van der Waals surface area contributed by atoms with Crippen LogP contribution < -0.4 is 5.32 Å². The van der Waals surface area contributed by atoms with E-state index in [1.807, 2.05) is 11.8 Å². The second kappa shape index (κ2) is 6.35. The van der Waals surface area contributed by atoms with Crippen molar-refractivity contribution in [2.75, 3.05) is 31.6 Å². The minimum atomic E-state index is -3.05. The van der Waals surface area contributed by atoms with E-state index in [9.17, 15) is 13.2 Å². The zero-order valence-electron chi connectivity index (χ0n) is 10.6. The number of nitrogens with zero attached hydrogens (tertiary/aromatic N) is 1. The van der Waals surface area contributed by atoms with Crippen LogP contribution in [0.4, 0.5) is 0 Å². The predicted octanol–water partition coefficient (Wildman–Crippen LogP) is 0.0216. The number of nitrogens with one attached hydrogen (secondary N) is 1. The Bertz CT molecular complexity index is 348. The molecule has 17 heavy (non-hydrogen) atoms. The van der Waals surface area contributed by atoms with E-state index in [2.05, 4.69) is 5.32 Å². The van der Waals surface area contributed by atoms with E-state index in [1.165, 1.54) is 6.26 Å². The number of hydrogen-bond acceptors (Lipinski definition) is 4. The fourth-order valence-electron chi connectivity index (χ4n) is 2.17. The summed E-state index contributed by atoms with van der Waals surface area (Å²) in [6.45, 7) is 4.47. The molecule has 1 N–H and O–H groups in total. The lowest BCUT2D eigenvalue weighted by Crippen LogP contribution is -2.46. The van der Waals surface area contributed by atoms with Crippen molar-refractivity contribution < 1.29 is 13.2 Å². The van der Waals surface area contributed by atoms with Gasteiger partial charge in [-0.05, 0) is 32.9 Å². The van der Waals surface area contributed by atoms with Crippen LogP contribution in [0.3, 0.4) is 0 Å². The molecule has 1 amide bonds. The fourth-order valence-corrected chi connectivity index (χ4v) is 2.72. The zero-order valence-corrected chi connectivity index (χ0v) is 11.4. The lowest BCUT2D eigenvalue weighted by atomic mass is 10.0. The smallest absolute Gasteiger partial charge is 0.223 e. The third kappa shape index (κ3) is 5.04. The molecular weight excluding hydrogens is 240 g/mol. The molecule has 1 rings (SSSR count). The molecule has 100 valence electrons. The first-order valence-corrected chi connectivity index (χ1v) is 8.18. The van der Waals surface area contributed by atoms with Crippen LogP contribution in [0.25, 0.3) is 0 Å². The monoisotopic (exact) mass is 262 g/mol. The lowest BCUT2D eigenvalue weighted by molar-refractivity contribution is -0.133. The number of carbonyl (C=O) groups excluding carboxylic acids is 1. The van der Waals surface area contributed by atoms with E-state index in [1.54, 1.807) is 0 Å². The van der Waals surface area contributed by atoms with Crippen molar-refractivity contribution in [3.05, 3.63) is 0 Å². The summed E-state index contributed by atoms with van der Waals surface area (Å²) >= 11 is 0. The van der Waals surface area contributed by atoms with Crippen LogP contribution >= 0.6 is 0 Å². The van der Waals surface area contributed by atoms with Gasteiger partial charge in [-0.15, -0.1) is 0 Å². The van der Waals surface area contributed by atoms with Crippen LogP contribution in [0, 0.1) is 0 Å². The Morgan fingerprint density at radius 1 is 1.35 bits per heavy atom. The van der Waals surface area contributed by atoms with Gasteiger partial charge in [-0.2, -0.15) is 0 Å². The van der Waals surface area contributed by atoms with Gasteiger partial charge < -0.3 is 10.2 Å². The molecule has 0 atom stereocenters. The molecule has 0 aromatic heterocycles. The fraction of sp³-hybridized carbons (Fsp3) is 0.909. The maximum atomic E-state index is 12.0. The highest BCUT2D eigenvalue weighted by molar-refractivity contribution is 7.90. The lowest BCUT2D eigenvalue weighted by Gasteiger charge is -2.34. The molecule has 1 fully saturated rings. The van der Waals surface area contributed by atoms with Crippen molar-refractivity contribution >= 4 is 15.7 Å². The normalized spacial score (nSPS) is 18.0. The van der Waals surface area contributed by atoms with Crippen LogP contribution in [0.1, 0.15) is 26.2 Å². The summed E-state index contributed by atoms with van der Waals surface area (Å²) < 4.78 is 22.1. The van der Waals surface area contributed by atoms with E-state index in [-0.39, 0.29) is 24.1 Å². The molecule has 1 saturated heterocycles. The molecule has 0 aromatic carbocycles. The van der Waals surface area contributed by atoms with Crippen molar-refractivity contribution in [3.8, 4) is 0 Å². The Labute approximate surface area is 103 Å². The first kappa shape index (κ1) is 14.4. The Balaban J connectivity index is 2.51. The highest BCUT2D eigenvalue weighted by atomic mass is 32.2. The number of sulfone groups is 1. The second-order valence-corrected chi connectivity index (χ2v) is 6.80. The Morgan fingerprint density at radius 3 is 2.41 bits per heavy atom. The molecule has 0 spiro atoms. The van der Waals surface area contributed by atoms with Crippen molar-refractivity contribution in [2.24, 2.45) is 0 Å². The SMILES string of the molecule is CCN(C(=O)CCS(C)(=O)=O)C1CCNCC1. The largest absolute Gasteiger partial charge is 0.340 e. The molecule has 1 aliphatic heterocycles. The van der Waals surface area contributed by atoms with E-state index in [4.69, 9.17) is 0 Å². The molecule has 0 radical (unpaired) electrons. The van der Waals surface area contributed by atoms with Gasteiger partial charge in [0.1, 0.15) is 9.84 Å². The molecule has 1 aliphatic rings. The minimum absolute atomic E-state index is 0.0372. The Hall–Kier alpha value is -0.620. The highest BCUT2D eigenvalue weighted by Crippen LogP contribution is 2.13. The van der Waals surface area contributed by atoms with E-state index < -0.39 is 9.84 Å². The summed E-state index contributed by atoms with van der Waals surface area (Å²) in [7, 11) is -3.05. The first-order chi connectivity index (χ1) is 7.94. The van der Waals surface area contributed by atoms with Gasteiger partial charge in [0.05, 0.1) is 5.75 Å². The van der Waals surface area contributed by atoms with E-state index >= 15 is 0 Å². The molecule has 5 nitrogen and oxygen atoms in total. The third-order valence-electron chi connectivity index (χ3n) is 3.10. The van der Waals surface area contributed by atoms with Crippen LogP contribution in [0.2, 0.25) is 0 Å². The van der Waals surface area contributed by atoms with Crippen LogP contribution in [0.5, 0.6) is 0 Å². The van der Waals surface area contributed by atoms with Gasteiger partial charge in [0.15, 0.2) is 0 Å². The van der Waals surface area contributed by atoms with Gasteiger partial charge >= 0.3 is 0 Å². The highest BCUT2D eigenvalue weighted by Gasteiger charge is 2.24. The molecule has 6 heteroatoms.